The Kier molecular flexibility index (Phi) is 4.64. The topological polar surface area (TPSA) is 63.9 Å². The van der Waals surface area contributed by atoms with Crippen LogP contribution in [0.15, 0.2) is 35.4 Å². The monoisotopic (exact) mass is 363 g/mol. The van der Waals surface area contributed by atoms with Gasteiger partial charge in [-0.05, 0) is 51.7 Å². The molecular weight excluding hydrogens is 338 g/mol. The Morgan fingerprint density at radius 2 is 1.67 bits per heavy atom. The molecule has 6 nitrogen and oxygen atoms in total. The van der Waals surface area contributed by atoms with Gasteiger partial charge in [-0.15, -0.1) is 0 Å². The fourth-order valence-corrected chi connectivity index (χ4v) is 3.79. The second-order valence-corrected chi connectivity index (χ2v) is 7.46. The first-order valence-corrected chi connectivity index (χ1v) is 9.54. The summed E-state index contributed by atoms with van der Waals surface area (Å²) in [5.74, 6) is 1.47. The Bertz CT molecular complexity index is 1030. The summed E-state index contributed by atoms with van der Waals surface area (Å²) in [6.07, 6.45) is 3.76. The van der Waals surface area contributed by atoms with Gasteiger partial charge < -0.3 is 4.90 Å². The molecule has 0 bridgehead atoms. The standard InChI is InChI=1S/C21H25N5O/c1-14-15(2)22-13-26(21(14)27)12-17-8-10-25(11-9-17)20-16(3)23-18-6-4-5-7-19(18)24-20/h4-7,13,17H,8-12H2,1-3H3. The van der Waals surface area contributed by atoms with E-state index in [1.165, 1.54) is 0 Å². The van der Waals surface area contributed by atoms with Crippen LogP contribution in [0, 0.1) is 26.7 Å². The molecule has 1 aliphatic heterocycles. The molecule has 140 valence electrons. The Balaban J connectivity index is 1.47. The molecule has 3 heterocycles. The fraction of sp³-hybridized carbons (Fsp3) is 0.429. The lowest BCUT2D eigenvalue weighted by molar-refractivity contribution is 0.349. The molecule has 1 fully saturated rings. The number of hydrogen-bond donors (Lipinski definition) is 0. The molecule has 1 aliphatic rings. The van der Waals surface area contributed by atoms with E-state index in [0.717, 1.165) is 66.3 Å². The third kappa shape index (κ3) is 3.44. The van der Waals surface area contributed by atoms with E-state index < -0.39 is 0 Å². The number of aryl methyl sites for hydroxylation is 2. The molecule has 1 saturated heterocycles. The molecule has 3 aromatic rings. The number of nitrogens with zero attached hydrogens (tertiary/aromatic N) is 5. The molecule has 0 atom stereocenters. The summed E-state index contributed by atoms with van der Waals surface area (Å²) < 4.78 is 1.77. The van der Waals surface area contributed by atoms with Crippen LogP contribution in [0.4, 0.5) is 5.82 Å². The molecule has 0 saturated carbocycles. The maximum absolute atomic E-state index is 12.4. The maximum atomic E-state index is 12.4. The van der Waals surface area contributed by atoms with Crippen molar-refractivity contribution in [3.05, 3.63) is 57.9 Å². The largest absolute Gasteiger partial charge is 0.355 e. The van der Waals surface area contributed by atoms with Gasteiger partial charge in [-0.25, -0.2) is 15.0 Å². The van der Waals surface area contributed by atoms with Crippen molar-refractivity contribution in [3.63, 3.8) is 0 Å². The highest BCUT2D eigenvalue weighted by molar-refractivity contribution is 5.76. The molecule has 0 aliphatic carbocycles. The number of aromatic nitrogens is 4. The van der Waals surface area contributed by atoms with Crippen molar-refractivity contribution in [3.8, 4) is 0 Å². The summed E-state index contributed by atoms with van der Waals surface area (Å²) in [5.41, 5.74) is 4.50. The van der Waals surface area contributed by atoms with Gasteiger partial charge in [0.05, 0.1) is 23.1 Å². The molecule has 0 radical (unpaired) electrons. The van der Waals surface area contributed by atoms with Crippen LogP contribution in [0.3, 0.4) is 0 Å². The van der Waals surface area contributed by atoms with E-state index in [0.29, 0.717) is 5.92 Å². The lowest BCUT2D eigenvalue weighted by atomic mass is 9.96. The van der Waals surface area contributed by atoms with Crippen LogP contribution in [-0.4, -0.2) is 32.6 Å². The van der Waals surface area contributed by atoms with Crippen molar-refractivity contribution < 1.29 is 0 Å². The molecule has 0 spiro atoms. The first-order valence-electron chi connectivity index (χ1n) is 9.54. The van der Waals surface area contributed by atoms with Crippen LogP contribution < -0.4 is 10.5 Å². The molecule has 0 N–H and O–H groups in total. The predicted octanol–water partition coefficient (Wildman–Crippen LogP) is 3.03. The number of fused-ring (bicyclic) bond motifs is 1. The third-order valence-electron chi connectivity index (χ3n) is 5.60. The highest BCUT2D eigenvalue weighted by atomic mass is 16.1. The van der Waals surface area contributed by atoms with Gasteiger partial charge in [0.1, 0.15) is 0 Å². The number of para-hydroxylation sites is 2. The van der Waals surface area contributed by atoms with Gasteiger partial charge in [-0.2, -0.15) is 0 Å². The minimum absolute atomic E-state index is 0.0844. The summed E-state index contributed by atoms with van der Waals surface area (Å²) in [6, 6.07) is 8.00. The number of hydrogen-bond acceptors (Lipinski definition) is 5. The van der Waals surface area contributed by atoms with Crippen LogP contribution in [-0.2, 0) is 6.54 Å². The molecule has 6 heteroatoms. The van der Waals surface area contributed by atoms with Crippen LogP contribution in [0.5, 0.6) is 0 Å². The van der Waals surface area contributed by atoms with Crippen molar-refractivity contribution in [2.45, 2.75) is 40.2 Å². The first-order chi connectivity index (χ1) is 13.0. The van der Waals surface area contributed by atoms with Crippen molar-refractivity contribution >= 4 is 16.9 Å². The summed E-state index contributed by atoms with van der Waals surface area (Å²) in [4.78, 5) is 28.6. The van der Waals surface area contributed by atoms with Gasteiger partial charge in [0, 0.05) is 30.9 Å². The second-order valence-electron chi connectivity index (χ2n) is 7.46. The minimum atomic E-state index is 0.0844. The maximum Gasteiger partial charge on any atom is 0.256 e. The van der Waals surface area contributed by atoms with E-state index in [-0.39, 0.29) is 5.56 Å². The van der Waals surface area contributed by atoms with E-state index in [9.17, 15) is 4.79 Å². The third-order valence-corrected chi connectivity index (χ3v) is 5.60. The Morgan fingerprint density at radius 1 is 1.00 bits per heavy atom. The smallest absolute Gasteiger partial charge is 0.256 e. The summed E-state index contributed by atoms with van der Waals surface area (Å²) >= 11 is 0. The molecule has 2 aromatic heterocycles. The zero-order valence-electron chi connectivity index (χ0n) is 16.1. The van der Waals surface area contributed by atoms with Gasteiger partial charge >= 0.3 is 0 Å². The van der Waals surface area contributed by atoms with Crippen molar-refractivity contribution in [1.29, 1.82) is 0 Å². The lowest BCUT2D eigenvalue weighted by Gasteiger charge is -2.33. The highest BCUT2D eigenvalue weighted by Gasteiger charge is 2.23. The second kappa shape index (κ2) is 7.10. The summed E-state index contributed by atoms with van der Waals surface area (Å²) in [5, 5.41) is 0. The van der Waals surface area contributed by atoms with E-state index in [2.05, 4.69) is 9.88 Å². The van der Waals surface area contributed by atoms with Crippen LogP contribution >= 0.6 is 0 Å². The zero-order valence-corrected chi connectivity index (χ0v) is 16.1. The minimum Gasteiger partial charge on any atom is -0.355 e. The van der Waals surface area contributed by atoms with Crippen molar-refractivity contribution in [1.82, 2.24) is 19.5 Å². The molecule has 27 heavy (non-hydrogen) atoms. The van der Waals surface area contributed by atoms with E-state index in [1.807, 2.05) is 45.0 Å². The van der Waals surface area contributed by atoms with Gasteiger partial charge in [0.15, 0.2) is 5.82 Å². The molecule has 4 rings (SSSR count). The summed E-state index contributed by atoms with van der Waals surface area (Å²) in [7, 11) is 0. The molecule has 0 unspecified atom stereocenters. The fourth-order valence-electron chi connectivity index (χ4n) is 3.79. The van der Waals surface area contributed by atoms with Crippen molar-refractivity contribution in [2.75, 3.05) is 18.0 Å². The number of rotatable bonds is 3. The predicted molar refractivity (Wildman–Crippen MR) is 107 cm³/mol. The molecular formula is C21H25N5O. The Morgan fingerprint density at radius 3 is 2.37 bits per heavy atom. The number of anilines is 1. The van der Waals surface area contributed by atoms with Crippen molar-refractivity contribution in [2.24, 2.45) is 5.92 Å². The SMILES string of the molecule is Cc1nc2ccccc2nc1N1CCC(Cn2cnc(C)c(C)c2=O)CC1. The Labute approximate surface area is 158 Å². The molecule has 0 amide bonds. The van der Waals surface area contributed by atoms with E-state index >= 15 is 0 Å². The molecule has 1 aromatic carbocycles. The van der Waals surface area contributed by atoms with Gasteiger partial charge in [0.25, 0.3) is 5.56 Å². The lowest BCUT2D eigenvalue weighted by Crippen LogP contribution is -2.37. The van der Waals surface area contributed by atoms with Gasteiger partial charge in [-0.1, -0.05) is 12.1 Å². The summed E-state index contributed by atoms with van der Waals surface area (Å²) in [6.45, 7) is 8.37. The first kappa shape index (κ1) is 17.6. The number of piperidine rings is 1. The average Bonchev–Trinajstić information content (AvgIpc) is 2.68. The van der Waals surface area contributed by atoms with Gasteiger partial charge in [0.2, 0.25) is 0 Å². The zero-order chi connectivity index (χ0) is 19.0. The van der Waals surface area contributed by atoms with E-state index in [4.69, 9.17) is 9.97 Å². The van der Waals surface area contributed by atoms with Gasteiger partial charge in [-0.3, -0.25) is 9.36 Å². The Hall–Kier alpha value is -2.76. The van der Waals surface area contributed by atoms with Crippen LogP contribution in [0.25, 0.3) is 11.0 Å². The van der Waals surface area contributed by atoms with Crippen LogP contribution in [0.2, 0.25) is 0 Å². The average molecular weight is 363 g/mol. The van der Waals surface area contributed by atoms with Crippen LogP contribution in [0.1, 0.15) is 29.8 Å². The highest BCUT2D eigenvalue weighted by Crippen LogP contribution is 2.26. The number of benzene rings is 1. The normalized spacial score (nSPS) is 15.4. The quantitative estimate of drug-likeness (QED) is 0.716. The van der Waals surface area contributed by atoms with E-state index in [1.54, 1.807) is 10.9 Å².